The van der Waals surface area contributed by atoms with E-state index in [0.717, 1.165) is 6.42 Å². The summed E-state index contributed by atoms with van der Waals surface area (Å²) in [7, 11) is 0. The van der Waals surface area contributed by atoms with Crippen LogP contribution in [0.5, 0.6) is 0 Å². The summed E-state index contributed by atoms with van der Waals surface area (Å²) in [6.45, 7) is 7.77. The first-order valence-electron chi connectivity index (χ1n) is 4.31. The quantitative estimate of drug-likeness (QED) is 0.679. The SMILES string of the molecule is CCC(C)(C)C(=O)NC(C)CCl. The van der Waals surface area contributed by atoms with Gasteiger partial charge in [-0.3, -0.25) is 4.79 Å². The van der Waals surface area contributed by atoms with Crippen molar-refractivity contribution in [3.05, 3.63) is 0 Å². The molecule has 12 heavy (non-hydrogen) atoms. The van der Waals surface area contributed by atoms with Gasteiger partial charge in [0.15, 0.2) is 0 Å². The Hall–Kier alpha value is -0.240. The second kappa shape index (κ2) is 4.70. The summed E-state index contributed by atoms with van der Waals surface area (Å²) in [5, 5.41) is 2.85. The van der Waals surface area contributed by atoms with Gasteiger partial charge in [-0.1, -0.05) is 20.8 Å². The molecule has 1 unspecified atom stereocenters. The molecule has 0 aromatic rings. The number of rotatable bonds is 4. The highest BCUT2D eigenvalue weighted by Gasteiger charge is 2.25. The Morgan fingerprint density at radius 3 is 2.42 bits per heavy atom. The van der Waals surface area contributed by atoms with Crippen LogP contribution in [0.3, 0.4) is 0 Å². The summed E-state index contributed by atoms with van der Waals surface area (Å²) < 4.78 is 0. The molecule has 1 amide bonds. The summed E-state index contributed by atoms with van der Waals surface area (Å²) in [5.74, 6) is 0.545. The Kier molecular flexibility index (Phi) is 4.61. The fourth-order valence-electron chi connectivity index (χ4n) is 0.618. The maximum absolute atomic E-state index is 11.5. The lowest BCUT2D eigenvalue weighted by Crippen LogP contribution is -2.42. The van der Waals surface area contributed by atoms with Gasteiger partial charge >= 0.3 is 0 Å². The average Bonchev–Trinajstić information content (AvgIpc) is 2.04. The molecule has 0 aliphatic carbocycles. The summed E-state index contributed by atoms with van der Waals surface area (Å²) >= 11 is 5.57. The molecule has 72 valence electrons. The highest BCUT2D eigenvalue weighted by atomic mass is 35.5. The molecule has 0 radical (unpaired) electrons. The van der Waals surface area contributed by atoms with Crippen LogP contribution < -0.4 is 5.32 Å². The van der Waals surface area contributed by atoms with E-state index in [4.69, 9.17) is 11.6 Å². The van der Waals surface area contributed by atoms with Crippen molar-refractivity contribution in [2.45, 2.75) is 40.2 Å². The fourth-order valence-corrected chi connectivity index (χ4v) is 0.695. The Labute approximate surface area is 79.7 Å². The number of carbonyl (C=O) groups excluding carboxylic acids is 1. The Bertz CT molecular complexity index is 157. The normalized spacial score (nSPS) is 14.1. The molecule has 0 bridgehead atoms. The number of carbonyl (C=O) groups is 1. The van der Waals surface area contributed by atoms with Gasteiger partial charge in [-0.15, -0.1) is 11.6 Å². The molecular formula is C9H18ClNO. The van der Waals surface area contributed by atoms with Gasteiger partial charge in [0.1, 0.15) is 0 Å². The van der Waals surface area contributed by atoms with Crippen molar-refractivity contribution in [1.82, 2.24) is 5.32 Å². The summed E-state index contributed by atoms with van der Waals surface area (Å²) in [4.78, 5) is 11.5. The smallest absolute Gasteiger partial charge is 0.225 e. The molecule has 0 aliphatic heterocycles. The van der Waals surface area contributed by atoms with Gasteiger partial charge in [0.2, 0.25) is 5.91 Å². The van der Waals surface area contributed by atoms with E-state index < -0.39 is 0 Å². The van der Waals surface area contributed by atoms with Gasteiger partial charge in [-0.05, 0) is 13.3 Å². The molecule has 0 saturated carbocycles. The van der Waals surface area contributed by atoms with Crippen LogP contribution in [-0.2, 0) is 4.79 Å². The Balaban J connectivity index is 4.03. The topological polar surface area (TPSA) is 29.1 Å². The number of hydrogen-bond acceptors (Lipinski definition) is 1. The van der Waals surface area contributed by atoms with Crippen molar-refractivity contribution in [3.63, 3.8) is 0 Å². The highest BCUT2D eigenvalue weighted by molar-refractivity contribution is 6.18. The minimum atomic E-state index is -0.277. The first kappa shape index (κ1) is 11.8. The van der Waals surface area contributed by atoms with Crippen LogP contribution in [0.4, 0.5) is 0 Å². The lowest BCUT2D eigenvalue weighted by molar-refractivity contribution is -0.129. The van der Waals surface area contributed by atoms with Gasteiger partial charge in [0.05, 0.1) is 0 Å². The minimum absolute atomic E-state index is 0.0602. The third-order valence-electron chi connectivity index (χ3n) is 2.11. The lowest BCUT2D eigenvalue weighted by atomic mass is 9.89. The van der Waals surface area contributed by atoms with Crippen LogP contribution in [0, 0.1) is 5.41 Å². The number of alkyl halides is 1. The fraction of sp³-hybridized carbons (Fsp3) is 0.889. The van der Waals surface area contributed by atoms with E-state index in [0.29, 0.717) is 5.88 Å². The van der Waals surface area contributed by atoms with Gasteiger partial charge in [0.25, 0.3) is 0 Å². The van der Waals surface area contributed by atoms with E-state index in [2.05, 4.69) is 5.32 Å². The monoisotopic (exact) mass is 191 g/mol. The molecule has 2 nitrogen and oxygen atoms in total. The third-order valence-corrected chi connectivity index (χ3v) is 2.57. The third kappa shape index (κ3) is 3.44. The van der Waals surface area contributed by atoms with Crippen molar-refractivity contribution >= 4 is 17.5 Å². The van der Waals surface area contributed by atoms with E-state index in [-0.39, 0.29) is 17.4 Å². The van der Waals surface area contributed by atoms with Crippen LogP contribution in [0.25, 0.3) is 0 Å². The van der Waals surface area contributed by atoms with Crippen molar-refractivity contribution in [2.75, 3.05) is 5.88 Å². The maximum atomic E-state index is 11.5. The van der Waals surface area contributed by atoms with E-state index in [9.17, 15) is 4.79 Å². The molecule has 1 atom stereocenters. The molecular weight excluding hydrogens is 174 g/mol. The largest absolute Gasteiger partial charge is 0.352 e. The van der Waals surface area contributed by atoms with Crippen LogP contribution in [0.15, 0.2) is 0 Å². The molecule has 0 aromatic carbocycles. The number of hydrogen-bond donors (Lipinski definition) is 1. The van der Waals surface area contributed by atoms with Gasteiger partial charge in [-0.25, -0.2) is 0 Å². The van der Waals surface area contributed by atoms with Crippen molar-refractivity contribution in [2.24, 2.45) is 5.41 Å². The van der Waals surface area contributed by atoms with Gasteiger partial charge in [-0.2, -0.15) is 0 Å². The van der Waals surface area contributed by atoms with Gasteiger partial charge in [0, 0.05) is 17.3 Å². The molecule has 3 heteroatoms. The zero-order valence-electron chi connectivity index (χ0n) is 8.28. The Morgan fingerprint density at radius 1 is 1.58 bits per heavy atom. The predicted octanol–water partition coefficient (Wildman–Crippen LogP) is 2.17. The molecule has 0 rings (SSSR count). The van der Waals surface area contributed by atoms with Crippen molar-refractivity contribution < 1.29 is 4.79 Å². The number of amides is 1. The van der Waals surface area contributed by atoms with Crippen LogP contribution in [0.2, 0.25) is 0 Å². The zero-order chi connectivity index (χ0) is 9.78. The predicted molar refractivity (Wildman–Crippen MR) is 52.4 cm³/mol. The van der Waals surface area contributed by atoms with Crippen molar-refractivity contribution in [3.8, 4) is 0 Å². The second-order valence-corrected chi connectivity index (χ2v) is 4.07. The maximum Gasteiger partial charge on any atom is 0.225 e. The molecule has 0 aromatic heterocycles. The molecule has 0 heterocycles. The molecule has 0 saturated heterocycles. The molecule has 1 N–H and O–H groups in total. The first-order valence-corrected chi connectivity index (χ1v) is 4.84. The number of nitrogens with one attached hydrogen (secondary N) is 1. The zero-order valence-corrected chi connectivity index (χ0v) is 9.03. The second-order valence-electron chi connectivity index (χ2n) is 3.77. The lowest BCUT2D eigenvalue weighted by Gasteiger charge is -2.23. The average molecular weight is 192 g/mol. The van der Waals surface area contributed by atoms with E-state index in [1.165, 1.54) is 0 Å². The van der Waals surface area contributed by atoms with E-state index in [1.54, 1.807) is 0 Å². The molecule has 0 fully saturated rings. The van der Waals surface area contributed by atoms with Crippen LogP contribution in [0.1, 0.15) is 34.1 Å². The summed E-state index contributed by atoms with van der Waals surface area (Å²) in [5.41, 5.74) is -0.277. The standard InChI is InChI=1S/C9H18ClNO/c1-5-9(3,4)8(12)11-7(2)6-10/h7H,5-6H2,1-4H3,(H,11,12). The molecule has 0 aliphatic rings. The highest BCUT2D eigenvalue weighted by Crippen LogP contribution is 2.19. The van der Waals surface area contributed by atoms with Crippen molar-refractivity contribution in [1.29, 1.82) is 0 Å². The van der Waals surface area contributed by atoms with E-state index in [1.807, 2.05) is 27.7 Å². The minimum Gasteiger partial charge on any atom is -0.352 e. The van der Waals surface area contributed by atoms with Crippen LogP contribution in [-0.4, -0.2) is 17.8 Å². The number of halogens is 1. The first-order chi connectivity index (χ1) is 5.44. The molecule has 0 spiro atoms. The van der Waals surface area contributed by atoms with E-state index >= 15 is 0 Å². The Morgan fingerprint density at radius 2 is 2.08 bits per heavy atom. The summed E-state index contributed by atoms with van der Waals surface area (Å²) in [6, 6.07) is 0.0602. The summed E-state index contributed by atoms with van der Waals surface area (Å²) in [6.07, 6.45) is 0.841. The van der Waals surface area contributed by atoms with Crippen LogP contribution >= 0.6 is 11.6 Å². The van der Waals surface area contributed by atoms with Gasteiger partial charge < -0.3 is 5.32 Å².